The van der Waals surface area contributed by atoms with E-state index in [2.05, 4.69) is 0 Å². The van der Waals surface area contributed by atoms with E-state index < -0.39 is 57.1 Å². The topological polar surface area (TPSA) is 115 Å². The van der Waals surface area contributed by atoms with Crippen LogP contribution in [0.2, 0.25) is 0 Å². The van der Waals surface area contributed by atoms with Gasteiger partial charge in [-0.2, -0.15) is 0 Å². The van der Waals surface area contributed by atoms with Crippen molar-refractivity contribution in [2.45, 2.75) is 68.9 Å². The van der Waals surface area contributed by atoms with E-state index in [1.165, 1.54) is 19.3 Å². The van der Waals surface area contributed by atoms with Crippen LogP contribution in [-0.4, -0.2) is 75.0 Å². The molecule has 2 saturated carbocycles. The normalized spacial score (nSPS) is 56.4. The highest BCUT2D eigenvalue weighted by molar-refractivity contribution is 7.84. The van der Waals surface area contributed by atoms with Crippen molar-refractivity contribution >= 4 is 22.7 Å². The number of hydrogen-bond donors (Lipinski definition) is 1. The van der Waals surface area contributed by atoms with Crippen LogP contribution in [0.5, 0.6) is 0 Å². The minimum atomic E-state index is -1.57. The molecule has 0 aromatic heterocycles. The molecule has 0 unspecified atom stereocenters. The van der Waals surface area contributed by atoms with Gasteiger partial charge < -0.3 is 24.1 Å². The van der Waals surface area contributed by atoms with Crippen LogP contribution in [0.15, 0.2) is 11.6 Å². The molecular formula is C20H24O8S. The van der Waals surface area contributed by atoms with E-state index in [-0.39, 0.29) is 29.8 Å². The van der Waals surface area contributed by atoms with E-state index in [0.29, 0.717) is 6.42 Å². The molecule has 1 N–H and O–H groups in total. The number of rotatable bonds is 3. The maximum Gasteiger partial charge on any atom is 0.331 e. The van der Waals surface area contributed by atoms with Crippen molar-refractivity contribution in [3.8, 4) is 0 Å². The summed E-state index contributed by atoms with van der Waals surface area (Å²) < 4.78 is 35.5. The number of esters is 2. The first-order valence-corrected chi connectivity index (χ1v) is 11.7. The third-order valence-electron chi connectivity index (χ3n) is 8.10. The molecule has 11 atom stereocenters. The van der Waals surface area contributed by atoms with Gasteiger partial charge in [-0.1, -0.05) is 6.92 Å². The van der Waals surface area contributed by atoms with Gasteiger partial charge >= 0.3 is 11.9 Å². The summed E-state index contributed by atoms with van der Waals surface area (Å²) in [6.07, 6.45) is 1.29. The number of fused-ring (bicyclic) bond motifs is 4. The molecule has 0 aromatic carbocycles. The van der Waals surface area contributed by atoms with Gasteiger partial charge in [-0.25, -0.2) is 4.79 Å². The molecule has 0 radical (unpaired) electrons. The maximum atomic E-state index is 12.9. The van der Waals surface area contributed by atoms with Gasteiger partial charge in [0.1, 0.15) is 17.8 Å². The smallest absolute Gasteiger partial charge is 0.331 e. The molecule has 5 fully saturated rings. The SMILES string of the molecule is C[S@](=O)C[C@@](C)(O)[C@@H]1OC(=O)C=C2[C@@]3(C)[C@H]4O[C@H]4C[C@@]4(C)C(=O)O[C@@H]([C@@H]5O[C@@]215)[C@@H]34. The third-order valence-corrected chi connectivity index (χ3v) is 9.09. The number of aliphatic hydroxyl groups is 1. The second-order valence-corrected chi connectivity index (χ2v) is 11.6. The Kier molecular flexibility index (Phi) is 3.16. The molecule has 8 nitrogen and oxygen atoms in total. The molecule has 4 heterocycles. The van der Waals surface area contributed by atoms with Crippen LogP contribution >= 0.6 is 0 Å². The molecule has 0 aromatic rings. The largest absolute Gasteiger partial charge is 0.459 e. The van der Waals surface area contributed by atoms with Crippen molar-refractivity contribution in [2.24, 2.45) is 16.7 Å². The number of epoxide rings is 2. The van der Waals surface area contributed by atoms with Crippen LogP contribution in [0.1, 0.15) is 27.2 Å². The van der Waals surface area contributed by atoms with Crippen molar-refractivity contribution in [1.82, 2.24) is 0 Å². The average Bonchev–Trinajstić information content (AvgIpc) is 3.48. The molecule has 158 valence electrons. The number of carbonyl (C=O) groups is 2. The first-order chi connectivity index (χ1) is 13.5. The number of carbonyl (C=O) groups excluding carboxylic acids is 2. The third kappa shape index (κ3) is 1.94. The number of cyclic esters (lactones) is 1. The van der Waals surface area contributed by atoms with E-state index in [9.17, 15) is 18.9 Å². The molecule has 2 aliphatic carbocycles. The summed E-state index contributed by atoms with van der Waals surface area (Å²) >= 11 is 0. The van der Waals surface area contributed by atoms with Gasteiger partial charge in [-0.05, 0) is 25.8 Å². The van der Waals surface area contributed by atoms with Gasteiger partial charge in [0, 0.05) is 34.5 Å². The van der Waals surface area contributed by atoms with Gasteiger partial charge in [-0.15, -0.1) is 0 Å². The summed E-state index contributed by atoms with van der Waals surface area (Å²) in [5, 5.41) is 11.2. The lowest BCUT2D eigenvalue weighted by molar-refractivity contribution is -0.168. The van der Waals surface area contributed by atoms with E-state index in [1.807, 2.05) is 13.8 Å². The molecule has 1 spiro atoms. The molecule has 0 amide bonds. The van der Waals surface area contributed by atoms with Gasteiger partial charge in [0.2, 0.25) is 0 Å². The Bertz CT molecular complexity index is 927. The van der Waals surface area contributed by atoms with Gasteiger partial charge in [0.25, 0.3) is 0 Å². The molecule has 9 heteroatoms. The quantitative estimate of drug-likeness (QED) is 0.491. The monoisotopic (exact) mass is 424 g/mol. The fraction of sp³-hybridized carbons (Fsp3) is 0.800. The van der Waals surface area contributed by atoms with Gasteiger partial charge in [0.15, 0.2) is 11.7 Å². The minimum absolute atomic E-state index is 0.0685. The standard InChI is InChI=1S/C20H24O8S/c1-17-6-8-13(25-8)19(3)9-5-10(21)26-15(18(2,23)7-29(4)24)20(9)14(28-20)11(12(17)19)27-16(17)22/h5,8,11-15,23H,6-7H2,1-4H3/t8-,11+,12+,13-,14-,15-,17+,18+,19+,20+,29-/m0/s1. The van der Waals surface area contributed by atoms with Crippen molar-refractivity contribution < 1.29 is 37.9 Å². The zero-order chi connectivity index (χ0) is 20.7. The Labute approximate surface area is 170 Å². The van der Waals surface area contributed by atoms with Crippen LogP contribution < -0.4 is 0 Å². The number of hydrogen-bond acceptors (Lipinski definition) is 8. The highest BCUT2D eigenvalue weighted by Gasteiger charge is 2.88. The van der Waals surface area contributed by atoms with Crippen molar-refractivity contribution in [1.29, 1.82) is 0 Å². The van der Waals surface area contributed by atoms with E-state index in [4.69, 9.17) is 18.9 Å². The molecular weight excluding hydrogens is 400 g/mol. The van der Waals surface area contributed by atoms with Gasteiger partial charge in [0.05, 0.1) is 23.4 Å². The Hall–Kier alpha value is -1.29. The Morgan fingerprint density at radius 2 is 2.00 bits per heavy atom. The molecule has 29 heavy (non-hydrogen) atoms. The van der Waals surface area contributed by atoms with E-state index in [1.54, 1.807) is 0 Å². The second kappa shape index (κ2) is 4.95. The fourth-order valence-corrected chi connectivity index (χ4v) is 8.16. The second-order valence-electron chi connectivity index (χ2n) is 10.1. The lowest BCUT2D eigenvalue weighted by atomic mass is 9.47. The number of ether oxygens (including phenoxy) is 4. The van der Waals surface area contributed by atoms with Gasteiger partial charge in [-0.3, -0.25) is 9.00 Å². The Morgan fingerprint density at radius 1 is 1.28 bits per heavy atom. The molecule has 0 bridgehead atoms. The summed E-state index contributed by atoms with van der Waals surface area (Å²) in [6, 6.07) is 0. The zero-order valence-corrected chi connectivity index (χ0v) is 17.5. The predicted molar refractivity (Wildman–Crippen MR) is 98.0 cm³/mol. The minimum Gasteiger partial charge on any atom is -0.459 e. The van der Waals surface area contributed by atoms with E-state index in [0.717, 1.165) is 5.57 Å². The average molecular weight is 424 g/mol. The summed E-state index contributed by atoms with van der Waals surface area (Å²) in [4.78, 5) is 25.5. The van der Waals surface area contributed by atoms with Crippen molar-refractivity contribution in [3.63, 3.8) is 0 Å². The van der Waals surface area contributed by atoms with Crippen LogP contribution in [0.25, 0.3) is 0 Å². The lowest BCUT2D eigenvalue weighted by Gasteiger charge is -2.53. The van der Waals surface area contributed by atoms with Crippen molar-refractivity contribution in [3.05, 3.63) is 11.6 Å². The van der Waals surface area contributed by atoms with Crippen LogP contribution in [-0.2, 0) is 39.3 Å². The Morgan fingerprint density at radius 3 is 2.69 bits per heavy atom. The Balaban J connectivity index is 1.53. The highest BCUT2D eigenvalue weighted by atomic mass is 32.2. The van der Waals surface area contributed by atoms with Crippen LogP contribution in [0.3, 0.4) is 0 Å². The van der Waals surface area contributed by atoms with E-state index >= 15 is 0 Å². The van der Waals surface area contributed by atoms with Crippen LogP contribution in [0.4, 0.5) is 0 Å². The molecule has 6 aliphatic rings. The zero-order valence-electron chi connectivity index (χ0n) is 16.7. The lowest BCUT2D eigenvalue weighted by Crippen LogP contribution is -2.66. The fourth-order valence-electron chi connectivity index (χ4n) is 7.18. The molecule has 6 rings (SSSR count). The summed E-state index contributed by atoms with van der Waals surface area (Å²) in [5.41, 5.74) is -3.30. The summed E-state index contributed by atoms with van der Waals surface area (Å²) in [6.45, 7) is 5.45. The first-order valence-electron chi connectivity index (χ1n) is 9.96. The first kappa shape index (κ1) is 18.5. The summed E-state index contributed by atoms with van der Waals surface area (Å²) in [7, 11) is -1.32. The van der Waals surface area contributed by atoms with Crippen molar-refractivity contribution in [2.75, 3.05) is 12.0 Å². The summed E-state index contributed by atoms with van der Waals surface area (Å²) in [5.74, 6) is -1.08. The highest BCUT2D eigenvalue weighted by Crippen LogP contribution is 2.75. The maximum absolute atomic E-state index is 12.9. The molecule has 3 saturated heterocycles. The predicted octanol–water partition coefficient (Wildman–Crippen LogP) is -0.156. The molecule has 4 aliphatic heterocycles. The van der Waals surface area contributed by atoms with Crippen LogP contribution in [0, 0.1) is 16.7 Å².